The number of carbonyl (C=O) groups excluding carboxylic acids is 2. The van der Waals surface area contributed by atoms with Crippen molar-refractivity contribution >= 4 is 24.2 Å². The second-order valence-corrected chi connectivity index (χ2v) is 4.50. The van der Waals surface area contributed by atoms with Gasteiger partial charge >= 0.3 is 0 Å². The van der Waals surface area contributed by atoms with Crippen molar-refractivity contribution in [2.75, 3.05) is 6.54 Å². The molecule has 0 spiro atoms. The summed E-state index contributed by atoms with van der Waals surface area (Å²) < 4.78 is 0. The maximum absolute atomic E-state index is 11.7. The van der Waals surface area contributed by atoms with Gasteiger partial charge < -0.3 is 16.4 Å². The van der Waals surface area contributed by atoms with Crippen molar-refractivity contribution < 1.29 is 9.59 Å². The highest BCUT2D eigenvalue weighted by molar-refractivity contribution is 5.88. The third-order valence-electron chi connectivity index (χ3n) is 3.05. The van der Waals surface area contributed by atoms with Crippen molar-refractivity contribution in [3.05, 3.63) is 0 Å². The van der Waals surface area contributed by atoms with Crippen molar-refractivity contribution in [2.24, 2.45) is 11.7 Å². The minimum atomic E-state index is -0.392. The number of halogens is 1. The van der Waals surface area contributed by atoms with Gasteiger partial charge in [0.05, 0.1) is 0 Å². The highest BCUT2D eigenvalue weighted by Gasteiger charge is 2.25. The van der Waals surface area contributed by atoms with Gasteiger partial charge in [0.1, 0.15) is 6.04 Å². The number of rotatable bonds is 3. The molecule has 6 heteroatoms. The lowest BCUT2D eigenvalue weighted by Crippen LogP contribution is -2.49. The monoisotopic (exact) mass is 263 g/mol. The van der Waals surface area contributed by atoms with Crippen molar-refractivity contribution in [3.63, 3.8) is 0 Å². The smallest absolute Gasteiger partial charge is 0.242 e. The molecule has 3 unspecified atom stereocenters. The summed E-state index contributed by atoms with van der Waals surface area (Å²) in [4.78, 5) is 23.3. The average Bonchev–Trinajstić information content (AvgIpc) is 2.43. The Labute approximate surface area is 108 Å². The molecule has 5 nitrogen and oxygen atoms in total. The van der Waals surface area contributed by atoms with Crippen LogP contribution in [0, 0.1) is 5.92 Å². The lowest BCUT2D eigenvalue weighted by atomic mass is 10.0. The molecule has 0 aromatic rings. The molecule has 1 aliphatic rings. The fourth-order valence-corrected chi connectivity index (χ4v) is 1.62. The molecule has 2 amide bonds. The molecule has 1 rings (SSSR count). The molecule has 1 heterocycles. The number of nitrogens with two attached hydrogens (primary N) is 1. The third-order valence-corrected chi connectivity index (χ3v) is 3.05. The topological polar surface area (TPSA) is 84.2 Å². The van der Waals surface area contributed by atoms with Crippen LogP contribution >= 0.6 is 12.4 Å². The van der Waals surface area contributed by atoms with Crippen LogP contribution < -0.4 is 16.4 Å². The van der Waals surface area contributed by atoms with Crippen LogP contribution in [0.15, 0.2) is 0 Å². The SMILES string of the molecule is CC(N)C(C)C(=O)NC1CCCCNC1=O.Cl. The summed E-state index contributed by atoms with van der Waals surface area (Å²) in [7, 11) is 0. The Morgan fingerprint density at radius 2 is 2.12 bits per heavy atom. The lowest BCUT2D eigenvalue weighted by molar-refractivity contribution is -0.131. The van der Waals surface area contributed by atoms with E-state index in [1.54, 1.807) is 13.8 Å². The van der Waals surface area contributed by atoms with E-state index >= 15 is 0 Å². The quantitative estimate of drug-likeness (QED) is 0.679. The third kappa shape index (κ3) is 4.91. The van der Waals surface area contributed by atoms with Gasteiger partial charge in [-0.05, 0) is 26.2 Å². The molecule has 0 saturated carbocycles. The fraction of sp³-hybridized carbons (Fsp3) is 0.818. The predicted octanol–water partition coefficient (Wildman–Crippen LogP) is 0.176. The highest BCUT2D eigenvalue weighted by Crippen LogP contribution is 2.07. The van der Waals surface area contributed by atoms with Crippen LogP contribution in [0.4, 0.5) is 0 Å². The Morgan fingerprint density at radius 3 is 2.71 bits per heavy atom. The van der Waals surface area contributed by atoms with Crippen LogP contribution in [0.5, 0.6) is 0 Å². The number of nitrogens with one attached hydrogen (secondary N) is 2. The van der Waals surface area contributed by atoms with Crippen LogP contribution in [0.1, 0.15) is 33.1 Å². The molecule has 3 atom stereocenters. The van der Waals surface area contributed by atoms with E-state index in [-0.39, 0.29) is 36.2 Å². The minimum Gasteiger partial charge on any atom is -0.354 e. The van der Waals surface area contributed by atoms with Crippen LogP contribution in [-0.2, 0) is 9.59 Å². The van der Waals surface area contributed by atoms with E-state index in [9.17, 15) is 9.59 Å². The van der Waals surface area contributed by atoms with Crippen molar-refractivity contribution in [2.45, 2.75) is 45.2 Å². The van der Waals surface area contributed by atoms with Gasteiger partial charge in [-0.2, -0.15) is 0 Å². The standard InChI is InChI=1S/C11H21N3O2.ClH/c1-7(8(2)12)10(15)14-9-5-3-4-6-13-11(9)16;/h7-9H,3-6,12H2,1-2H3,(H,13,16)(H,14,15);1H. The molecule has 0 aromatic carbocycles. The van der Waals surface area contributed by atoms with Gasteiger partial charge in [0.15, 0.2) is 0 Å². The first kappa shape index (κ1) is 16.2. The van der Waals surface area contributed by atoms with E-state index in [0.717, 1.165) is 12.8 Å². The van der Waals surface area contributed by atoms with Gasteiger partial charge in [-0.3, -0.25) is 9.59 Å². The summed E-state index contributed by atoms with van der Waals surface area (Å²) in [6.07, 6.45) is 2.64. The molecule has 100 valence electrons. The molecule has 0 aromatic heterocycles. The van der Waals surface area contributed by atoms with Crippen molar-refractivity contribution in [1.29, 1.82) is 0 Å². The van der Waals surface area contributed by atoms with E-state index in [4.69, 9.17) is 5.73 Å². The van der Waals surface area contributed by atoms with Gasteiger partial charge in [-0.15, -0.1) is 12.4 Å². The summed E-state index contributed by atoms with van der Waals surface area (Å²) in [5, 5.41) is 5.54. The second kappa shape index (κ2) is 7.50. The van der Waals surface area contributed by atoms with Crippen LogP contribution in [-0.4, -0.2) is 30.4 Å². The first-order chi connectivity index (χ1) is 7.52. The fourth-order valence-electron chi connectivity index (χ4n) is 1.62. The number of hydrogen-bond donors (Lipinski definition) is 3. The Kier molecular flexibility index (Phi) is 7.15. The molecule has 1 saturated heterocycles. The molecular weight excluding hydrogens is 242 g/mol. The molecule has 1 aliphatic heterocycles. The summed E-state index contributed by atoms with van der Waals surface area (Å²) in [5.41, 5.74) is 5.65. The van der Waals surface area contributed by atoms with E-state index in [1.165, 1.54) is 0 Å². The van der Waals surface area contributed by atoms with E-state index < -0.39 is 6.04 Å². The minimum absolute atomic E-state index is 0. The van der Waals surface area contributed by atoms with Gasteiger partial charge in [-0.25, -0.2) is 0 Å². The Bertz CT molecular complexity index is 271. The zero-order valence-corrected chi connectivity index (χ0v) is 11.2. The Balaban J connectivity index is 0.00000256. The number of hydrogen-bond acceptors (Lipinski definition) is 3. The van der Waals surface area contributed by atoms with Gasteiger partial charge in [-0.1, -0.05) is 6.92 Å². The number of amides is 2. The van der Waals surface area contributed by atoms with Gasteiger partial charge in [0.25, 0.3) is 0 Å². The summed E-state index contributed by atoms with van der Waals surface area (Å²) in [5.74, 6) is -0.490. The summed E-state index contributed by atoms with van der Waals surface area (Å²) >= 11 is 0. The van der Waals surface area contributed by atoms with Crippen molar-refractivity contribution in [1.82, 2.24) is 10.6 Å². The normalized spacial score (nSPS) is 23.7. The first-order valence-electron chi connectivity index (χ1n) is 5.86. The molecular formula is C11H22ClN3O2. The second-order valence-electron chi connectivity index (χ2n) is 4.50. The van der Waals surface area contributed by atoms with Crippen LogP contribution in [0.2, 0.25) is 0 Å². The van der Waals surface area contributed by atoms with Gasteiger partial charge in [0, 0.05) is 18.5 Å². The molecule has 0 bridgehead atoms. The van der Waals surface area contributed by atoms with E-state index in [0.29, 0.717) is 13.0 Å². The zero-order valence-electron chi connectivity index (χ0n) is 10.4. The molecule has 0 aliphatic carbocycles. The molecule has 0 radical (unpaired) electrons. The lowest BCUT2D eigenvalue weighted by Gasteiger charge is -2.20. The average molecular weight is 264 g/mol. The van der Waals surface area contributed by atoms with Crippen LogP contribution in [0.3, 0.4) is 0 Å². The maximum Gasteiger partial charge on any atom is 0.242 e. The highest BCUT2D eigenvalue weighted by atomic mass is 35.5. The van der Waals surface area contributed by atoms with Gasteiger partial charge in [0.2, 0.25) is 11.8 Å². The van der Waals surface area contributed by atoms with Crippen molar-refractivity contribution in [3.8, 4) is 0 Å². The number of carbonyl (C=O) groups is 2. The summed E-state index contributed by atoms with van der Waals surface area (Å²) in [6.45, 7) is 4.26. The van der Waals surface area contributed by atoms with E-state index in [1.807, 2.05) is 0 Å². The molecule has 4 N–H and O–H groups in total. The Morgan fingerprint density at radius 1 is 1.47 bits per heavy atom. The maximum atomic E-state index is 11.7. The van der Waals surface area contributed by atoms with Crippen LogP contribution in [0.25, 0.3) is 0 Å². The largest absolute Gasteiger partial charge is 0.354 e. The van der Waals surface area contributed by atoms with E-state index in [2.05, 4.69) is 10.6 Å². The first-order valence-corrected chi connectivity index (χ1v) is 5.86. The molecule has 1 fully saturated rings. The zero-order chi connectivity index (χ0) is 12.1. The predicted molar refractivity (Wildman–Crippen MR) is 68.9 cm³/mol. The Hall–Kier alpha value is -0.810. The summed E-state index contributed by atoms with van der Waals surface area (Å²) in [6, 6.07) is -0.593. The molecule has 17 heavy (non-hydrogen) atoms.